The zero-order chi connectivity index (χ0) is 9.97. The van der Waals surface area contributed by atoms with Gasteiger partial charge in [0.2, 0.25) is 0 Å². The molecule has 0 saturated carbocycles. The van der Waals surface area contributed by atoms with E-state index in [4.69, 9.17) is 9.47 Å². The molecule has 14 heavy (non-hydrogen) atoms. The molecule has 4 atom stereocenters. The molecule has 3 nitrogen and oxygen atoms in total. The average molecular weight is 200 g/mol. The van der Waals surface area contributed by atoms with Crippen LogP contribution in [0.15, 0.2) is 0 Å². The minimum absolute atomic E-state index is 0.0201. The Kier molecular flexibility index (Phi) is 3.42. The first-order valence-electron chi connectivity index (χ1n) is 5.76. The summed E-state index contributed by atoms with van der Waals surface area (Å²) in [7, 11) is 0. The maximum absolute atomic E-state index is 9.82. The van der Waals surface area contributed by atoms with E-state index in [-0.39, 0.29) is 24.4 Å². The van der Waals surface area contributed by atoms with Crippen molar-refractivity contribution in [2.45, 2.75) is 63.4 Å². The number of aliphatic hydroxyl groups excluding tert-OH is 1. The maximum Gasteiger partial charge on any atom is 0.0842 e. The zero-order valence-electron chi connectivity index (χ0n) is 8.82. The van der Waals surface area contributed by atoms with E-state index in [2.05, 4.69) is 6.92 Å². The zero-order valence-corrected chi connectivity index (χ0v) is 8.82. The van der Waals surface area contributed by atoms with Crippen molar-refractivity contribution in [3.8, 4) is 0 Å². The fourth-order valence-electron chi connectivity index (χ4n) is 2.44. The van der Waals surface area contributed by atoms with Gasteiger partial charge in [-0.05, 0) is 32.1 Å². The van der Waals surface area contributed by atoms with E-state index in [1.807, 2.05) is 0 Å². The molecule has 82 valence electrons. The van der Waals surface area contributed by atoms with Gasteiger partial charge in [-0.25, -0.2) is 0 Å². The number of aliphatic hydroxyl groups is 1. The second-order valence-electron chi connectivity index (χ2n) is 4.32. The summed E-state index contributed by atoms with van der Waals surface area (Å²) in [4.78, 5) is 0. The van der Waals surface area contributed by atoms with E-state index in [0.29, 0.717) is 0 Å². The van der Waals surface area contributed by atoms with Gasteiger partial charge in [-0.2, -0.15) is 0 Å². The number of rotatable bonds is 1. The summed E-state index contributed by atoms with van der Waals surface area (Å²) in [6.45, 7) is 2.93. The molecule has 2 saturated heterocycles. The highest BCUT2D eigenvalue weighted by Gasteiger charge is 2.34. The lowest BCUT2D eigenvalue weighted by molar-refractivity contribution is -0.133. The van der Waals surface area contributed by atoms with E-state index < -0.39 is 0 Å². The molecule has 0 spiro atoms. The first-order chi connectivity index (χ1) is 6.81. The van der Waals surface area contributed by atoms with Gasteiger partial charge in [-0.15, -0.1) is 0 Å². The molecular formula is C11H20O3. The van der Waals surface area contributed by atoms with Crippen molar-refractivity contribution in [2.24, 2.45) is 0 Å². The van der Waals surface area contributed by atoms with E-state index in [1.165, 1.54) is 0 Å². The highest BCUT2D eigenvalue weighted by molar-refractivity contribution is 4.83. The average Bonchev–Trinajstić information content (AvgIpc) is 2.38. The molecule has 0 aromatic rings. The van der Waals surface area contributed by atoms with Crippen LogP contribution in [0, 0.1) is 0 Å². The van der Waals surface area contributed by atoms with Crippen LogP contribution in [0.4, 0.5) is 0 Å². The third-order valence-electron chi connectivity index (χ3n) is 3.31. The van der Waals surface area contributed by atoms with Gasteiger partial charge in [0.15, 0.2) is 0 Å². The highest BCUT2D eigenvalue weighted by Crippen LogP contribution is 2.28. The van der Waals surface area contributed by atoms with Crippen molar-refractivity contribution in [2.75, 3.05) is 6.61 Å². The van der Waals surface area contributed by atoms with Crippen LogP contribution in [0.25, 0.3) is 0 Å². The number of hydrogen-bond acceptors (Lipinski definition) is 3. The van der Waals surface area contributed by atoms with E-state index in [0.717, 1.165) is 38.7 Å². The molecule has 0 aromatic heterocycles. The molecule has 1 N–H and O–H groups in total. The lowest BCUT2D eigenvalue weighted by atomic mass is 10.0. The molecule has 2 fully saturated rings. The third kappa shape index (κ3) is 2.10. The topological polar surface area (TPSA) is 38.7 Å². The van der Waals surface area contributed by atoms with Crippen molar-refractivity contribution in [1.29, 1.82) is 0 Å². The number of ether oxygens (including phenoxy) is 2. The smallest absolute Gasteiger partial charge is 0.0842 e. The van der Waals surface area contributed by atoms with Crippen LogP contribution in [-0.4, -0.2) is 36.1 Å². The van der Waals surface area contributed by atoms with Gasteiger partial charge in [-0.3, -0.25) is 0 Å². The Morgan fingerprint density at radius 1 is 1.21 bits per heavy atom. The Balaban J connectivity index is 2.00. The first kappa shape index (κ1) is 10.4. The molecule has 0 unspecified atom stereocenters. The van der Waals surface area contributed by atoms with Crippen molar-refractivity contribution in [1.82, 2.24) is 0 Å². The first-order valence-corrected chi connectivity index (χ1v) is 5.76. The summed E-state index contributed by atoms with van der Waals surface area (Å²) in [6.07, 6.45) is 5.02. The van der Waals surface area contributed by atoms with Gasteiger partial charge in [0, 0.05) is 6.61 Å². The Labute approximate surface area is 85.4 Å². The quantitative estimate of drug-likeness (QED) is 0.697. The minimum atomic E-state index is -0.297. The standard InChI is InChI=1S/C11H20O3/c1-2-9-8(12)5-6-10-11(14-9)4-3-7-13-10/h8-12H,2-7H2,1H3/t8-,9+,10+,11-/m1/s1. The summed E-state index contributed by atoms with van der Waals surface area (Å²) in [5.74, 6) is 0. The second kappa shape index (κ2) is 4.60. The molecule has 2 rings (SSSR count). The summed E-state index contributed by atoms with van der Waals surface area (Å²) in [6, 6.07) is 0. The van der Waals surface area contributed by atoms with Crippen LogP contribution in [0.2, 0.25) is 0 Å². The van der Waals surface area contributed by atoms with Crippen molar-refractivity contribution >= 4 is 0 Å². The highest BCUT2D eigenvalue weighted by atomic mass is 16.6. The Hall–Kier alpha value is -0.120. The molecule has 0 amide bonds. The summed E-state index contributed by atoms with van der Waals surface area (Å²) in [5, 5.41) is 9.82. The summed E-state index contributed by atoms with van der Waals surface area (Å²) >= 11 is 0. The third-order valence-corrected chi connectivity index (χ3v) is 3.31. The molecule has 0 aliphatic carbocycles. The van der Waals surface area contributed by atoms with E-state index in [1.54, 1.807) is 0 Å². The van der Waals surface area contributed by atoms with E-state index >= 15 is 0 Å². The molecule has 0 bridgehead atoms. The van der Waals surface area contributed by atoms with Crippen molar-refractivity contribution < 1.29 is 14.6 Å². The summed E-state index contributed by atoms with van der Waals surface area (Å²) in [5.41, 5.74) is 0. The molecular weight excluding hydrogens is 180 g/mol. The number of hydrogen-bond donors (Lipinski definition) is 1. The van der Waals surface area contributed by atoms with E-state index in [9.17, 15) is 5.11 Å². The molecule has 2 heterocycles. The molecule has 2 aliphatic heterocycles. The van der Waals surface area contributed by atoms with Crippen LogP contribution in [0.5, 0.6) is 0 Å². The van der Waals surface area contributed by atoms with Crippen LogP contribution in [0.1, 0.15) is 39.0 Å². The molecule has 3 heteroatoms. The monoisotopic (exact) mass is 200 g/mol. The molecule has 0 radical (unpaired) electrons. The maximum atomic E-state index is 9.82. The van der Waals surface area contributed by atoms with Crippen LogP contribution in [0.3, 0.4) is 0 Å². The SMILES string of the molecule is CC[C@@H]1O[C@@H]2CCCO[C@H]2CC[C@H]1O. The summed E-state index contributed by atoms with van der Waals surface area (Å²) < 4.78 is 11.6. The lowest BCUT2D eigenvalue weighted by Gasteiger charge is -2.31. The van der Waals surface area contributed by atoms with Gasteiger partial charge < -0.3 is 14.6 Å². The number of fused-ring (bicyclic) bond motifs is 1. The van der Waals surface area contributed by atoms with Crippen LogP contribution < -0.4 is 0 Å². The van der Waals surface area contributed by atoms with Gasteiger partial charge in [-0.1, -0.05) is 6.92 Å². The van der Waals surface area contributed by atoms with Crippen LogP contribution >= 0.6 is 0 Å². The Morgan fingerprint density at radius 2 is 2.07 bits per heavy atom. The van der Waals surface area contributed by atoms with Gasteiger partial charge in [0.25, 0.3) is 0 Å². The second-order valence-corrected chi connectivity index (χ2v) is 4.32. The van der Waals surface area contributed by atoms with Gasteiger partial charge >= 0.3 is 0 Å². The van der Waals surface area contributed by atoms with Crippen molar-refractivity contribution in [3.05, 3.63) is 0 Å². The lowest BCUT2D eigenvalue weighted by Crippen LogP contribution is -2.37. The van der Waals surface area contributed by atoms with Crippen LogP contribution in [-0.2, 0) is 9.47 Å². The largest absolute Gasteiger partial charge is 0.390 e. The molecule has 2 aliphatic rings. The van der Waals surface area contributed by atoms with Gasteiger partial charge in [0.05, 0.1) is 24.4 Å². The normalized spacial score (nSPS) is 44.1. The predicted octanol–water partition coefficient (Wildman–Crippen LogP) is 1.48. The Morgan fingerprint density at radius 3 is 2.86 bits per heavy atom. The predicted molar refractivity (Wildman–Crippen MR) is 53.2 cm³/mol. The fourth-order valence-corrected chi connectivity index (χ4v) is 2.44. The minimum Gasteiger partial charge on any atom is -0.390 e. The van der Waals surface area contributed by atoms with Crippen molar-refractivity contribution in [3.63, 3.8) is 0 Å². The fraction of sp³-hybridized carbons (Fsp3) is 1.00. The van der Waals surface area contributed by atoms with Gasteiger partial charge in [0.1, 0.15) is 0 Å². The Bertz CT molecular complexity index is 183. The molecule has 0 aromatic carbocycles.